The van der Waals surface area contributed by atoms with Crippen LogP contribution in [0.25, 0.3) is 0 Å². The van der Waals surface area contributed by atoms with Crippen molar-refractivity contribution in [2.24, 2.45) is 0 Å². The highest BCUT2D eigenvalue weighted by Crippen LogP contribution is 2.29. The van der Waals surface area contributed by atoms with E-state index in [9.17, 15) is 4.79 Å². The summed E-state index contributed by atoms with van der Waals surface area (Å²) in [7, 11) is 3.21. The summed E-state index contributed by atoms with van der Waals surface area (Å²) in [4.78, 5) is 12.5. The lowest BCUT2D eigenvalue weighted by atomic mass is 10.1. The molecule has 0 aliphatic heterocycles. The van der Waals surface area contributed by atoms with Gasteiger partial charge < -0.3 is 24.3 Å². The van der Waals surface area contributed by atoms with Crippen LogP contribution in [-0.4, -0.2) is 39.9 Å². The van der Waals surface area contributed by atoms with Crippen molar-refractivity contribution in [3.63, 3.8) is 0 Å². The Morgan fingerprint density at radius 2 is 1.64 bits per heavy atom. The maximum absolute atomic E-state index is 12.5. The van der Waals surface area contributed by atoms with Gasteiger partial charge in [0.1, 0.15) is 0 Å². The predicted octanol–water partition coefficient (Wildman–Crippen LogP) is 3.86. The van der Waals surface area contributed by atoms with Gasteiger partial charge in [-0.3, -0.25) is 4.79 Å². The average Bonchev–Trinajstić information content (AvgIpc) is 2.72. The number of rotatable bonds is 11. The Morgan fingerprint density at radius 3 is 2.32 bits per heavy atom. The van der Waals surface area contributed by atoms with E-state index in [-0.39, 0.29) is 5.91 Å². The smallest absolute Gasteiger partial charge is 0.251 e. The molecule has 2 rings (SSSR count). The molecule has 0 unspecified atom stereocenters. The molecule has 0 radical (unpaired) electrons. The first-order chi connectivity index (χ1) is 13.6. The second-order valence-corrected chi connectivity index (χ2v) is 6.14. The van der Waals surface area contributed by atoms with Crippen molar-refractivity contribution in [3.8, 4) is 23.0 Å². The Labute approximate surface area is 166 Å². The highest BCUT2D eigenvalue weighted by atomic mass is 16.5. The lowest BCUT2D eigenvalue weighted by Gasteiger charge is -2.13. The van der Waals surface area contributed by atoms with Crippen molar-refractivity contribution < 1.29 is 23.7 Å². The normalized spacial score (nSPS) is 10.3. The van der Waals surface area contributed by atoms with Crippen LogP contribution in [0.4, 0.5) is 0 Å². The summed E-state index contributed by atoms with van der Waals surface area (Å²) in [5.41, 5.74) is 1.59. The molecule has 0 aliphatic rings. The van der Waals surface area contributed by atoms with E-state index in [0.717, 1.165) is 12.0 Å². The Balaban J connectivity index is 1.98. The summed E-state index contributed by atoms with van der Waals surface area (Å²) in [6.07, 6.45) is 1.59. The van der Waals surface area contributed by atoms with E-state index in [1.54, 1.807) is 32.4 Å². The molecule has 0 fully saturated rings. The summed E-state index contributed by atoms with van der Waals surface area (Å²) >= 11 is 0. The Kier molecular flexibility index (Phi) is 8.46. The van der Waals surface area contributed by atoms with Gasteiger partial charge in [0, 0.05) is 12.1 Å². The molecular formula is C22H29NO5. The second kappa shape index (κ2) is 11.1. The van der Waals surface area contributed by atoms with Gasteiger partial charge in [0.25, 0.3) is 5.91 Å². The molecule has 152 valence electrons. The second-order valence-electron chi connectivity index (χ2n) is 6.14. The highest BCUT2D eigenvalue weighted by Gasteiger charge is 2.12. The van der Waals surface area contributed by atoms with Crippen LogP contribution in [-0.2, 0) is 6.42 Å². The van der Waals surface area contributed by atoms with E-state index >= 15 is 0 Å². The third-order valence-electron chi connectivity index (χ3n) is 4.11. The fourth-order valence-electron chi connectivity index (χ4n) is 2.71. The summed E-state index contributed by atoms with van der Waals surface area (Å²) in [6, 6.07) is 11.0. The first-order valence-electron chi connectivity index (χ1n) is 9.51. The topological polar surface area (TPSA) is 66.0 Å². The van der Waals surface area contributed by atoms with E-state index in [4.69, 9.17) is 18.9 Å². The lowest BCUT2D eigenvalue weighted by molar-refractivity contribution is 0.0953. The van der Waals surface area contributed by atoms with Crippen LogP contribution >= 0.6 is 0 Å². The summed E-state index contributed by atoms with van der Waals surface area (Å²) in [5.74, 6) is 2.46. The van der Waals surface area contributed by atoms with E-state index in [1.807, 2.05) is 32.0 Å². The quantitative estimate of drug-likeness (QED) is 0.634. The predicted molar refractivity (Wildman–Crippen MR) is 109 cm³/mol. The molecule has 0 heterocycles. The van der Waals surface area contributed by atoms with Crippen molar-refractivity contribution in [1.29, 1.82) is 0 Å². The summed E-state index contributed by atoms with van der Waals surface area (Å²) in [6.45, 7) is 5.57. The van der Waals surface area contributed by atoms with Crippen LogP contribution < -0.4 is 24.3 Å². The van der Waals surface area contributed by atoms with Crippen molar-refractivity contribution >= 4 is 5.91 Å². The minimum absolute atomic E-state index is 0.150. The zero-order valence-electron chi connectivity index (χ0n) is 17.0. The third-order valence-corrected chi connectivity index (χ3v) is 4.11. The van der Waals surface area contributed by atoms with Crippen LogP contribution in [0.5, 0.6) is 23.0 Å². The van der Waals surface area contributed by atoms with E-state index in [0.29, 0.717) is 54.7 Å². The molecule has 0 aliphatic carbocycles. The van der Waals surface area contributed by atoms with Gasteiger partial charge in [-0.1, -0.05) is 13.0 Å². The van der Waals surface area contributed by atoms with Crippen LogP contribution in [0.2, 0.25) is 0 Å². The number of ether oxygens (including phenoxy) is 4. The van der Waals surface area contributed by atoms with Gasteiger partial charge in [0.05, 0.1) is 27.4 Å². The fraction of sp³-hybridized carbons (Fsp3) is 0.409. The van der Waals surface area contributed by atoms with E-state index < -0.39 is 0 Å². The number of methoxy groups -OCH3 is 2. The molecule has 2 aromatic rings. The van der Waals surface area contributed by atoms with Crippen molar-refractivity contribution in [2.75, 3.05) is 34.0 Å². The molecule has 0 spiro atoms. The molecule has 0 saturated carbocycles. The molecule has 6 nitrogen and oxygen atoms in total. The van der Waals surface area contributed by atoms with Gasteiger partial charge in [-0.25, -0.2) is 0 Å². The van der Waals surface area contributed by atoms with Gasteiger partial charge in [-0.2, -0.15) is 0 Å². The van der Waals surface area contributed by atoms with Crippen LogP contribution in [0.3, 0.4) is 0 Å². The first-order valence-corrected chi connectivity index (χ1v) is 9.51. The summed E-state index contributed by atoms with van der Waals surface area (Å²) < 4.78 is 21.8. The largest absolute Gasteiger partial charge is 0.493 e. The fourth-order valence-corrected chi connectivity index (χ4v) is 2.71. The molecule has 1 amide bonds. The number of hydrogen-bond acceptors (Lipinski definition) is 5. The Bertz CT molecular complexity index is 776. The van der Waals surface area contributed by atoms with Gasteiger partial charge in [-0.15, -0.1) is 0 Å². The SMILES string of the molecule is CCCOc1ccc(C(=O)NCCc2ccc(OC)c(OC)c2)cc1OCC. The monoisotopic (exact) mass is 387 g/mol. The molecule has 28 heavy (non-hydrogen) atoms. The van der Waals surface area contributed by atoms with E-state index in [2.05, 4.69) is 5.32 Å². The van der Waals surface area contributed by atoms with Gasteiger partial charge >= 0.3 is 0 Å². The standard InChI is InChI=1S/C22H29NO5/c1-5-13-28-19-10-8-17(15-21(19)27-6-2)22(24)23-12-11-16-7-9-18(25-3)20(14-16)26-4/h7-10,14-15H,5-6,11-13H2,1-4H3,(H,23,24). The van der Waals surface area contributed by atoms with Gasteiger partial charge in [0.15, 0.2) is 23.0 Å². The number of amides is 1. The Morgan fingerprint density at radius 1 is 0.893 bits per heavy atom. The molecular weight excluding hydrogens is 358 g/mol. The minimum Gasteiger partial charge on any atom is -0.493 e. The maximum atomic E-state index is 12.5. The first kappa shape index (κ1) is 21.4. The lowest BCUT2D eigenvalue weighted by Crippen LogP contribution is -2.25. The van der Waals surface area contributed by atoms with E-state index in [1.165, 1.54) is 0 Å². The van der Waals surface area contributed by atoms with Crippen LogP contribution in [0, 0.1) is 0 Å². The van der Waals surface area contributed by atoms with Crippen molar-refractivity contribution in [3.05, 3.63) is 47.5 Å². The van der Waals surface area contributed by atoms with Crippen LogP contribution in [0.1, 0.15) is 36.2 Å². The molecule has 0 saturated heterocycles. The number of nitrogens with one attached hydrogen (secondary N) is 1. The highest BCUT2D eigenvalue weighted by molar-refractivity contribution is 5.94. The number of carbonyl (C=O) groups is 1. The molecule has 0 aromatic heterocycles. The zero-order chi connectivity index (χ0) is 20.4. The van der Waals surface area contributed by atoms with Crippen LogP contribution in [0.15, 0.2) is 36.4 Å². The number of hydrogen-bond donors (Lipinski definition) is 1. The molecule has 6 heteroatoms. The number of carbonyl (C=O) groups excluding carboxylic acids is 1. The molecule has 2 aromatic carbocycles. The zero-order valence-corrected chi connectivity index (χ0v) is 17.0. The van der Waals surface area contributed by atoms with Crippen molar-refractivity contribution in [2.45, 2.75) is 26.7 Å². The minimum atomic E-state index is -0.150. The van der Waals surface area contributed by atoms with Gasteiger partial charge in [0.2, 0.25) is 0 Å². The number of benzene rings is 2. The van der Waals surface area contributed by atoms with Crippen molar-refractivity contribution in [1.82, 2.24) is 5.32 Å². The summed E-state index contributed by atoms with van der Waals surface area (Å²) in [5, 5.41) is 2.94. The maximum Gasteiger partial charge on any atom is 0.251 e. The Hall–Kier alpha value is -2.89. The molecule has 0 bridgehead atoms. The molecule has 0 atom stereocenters. The average molecular weight is 387 g/mol. The van der Waals surface area contributed by atoms with Gasteiger partial charge in [-0.05, 0) is 55.7 Å². The third kappa shape index (κ3) is 5.81. The molecule has 1 N–H and O–H groups in total.